The van der Waals surface area contributed by atoms with Crippen LogP contribution in [0.25, 0.3) is 0 Å². The Morgan fingerprint density at radius 3 is 2.62 bits per heavy atom. The first kappa shape index (κ1) is 7.66. The van der Waals surface area contributed by atoms with Gasteiger partial charge in [-0.25, -0.2) is 0 Å². The van der Waals surface area contributed by atoms with Crippen LogP contribution in [0.5, 0.6) is 0 Å². The molecule has 46 valence electrons. The van der Waals surface area contributed by atoms with E-state index in [1.54, 1.807) is 6.08 Å². The van der Waals surface area contributed by atoms with Crippen molar-refractivity contribution in [2.24, 2.45) is 5.73 Å². The van der Waals surface area contributed by atoms with Gasteiger partial charge in [0.25, 0.3) is 0 Å². The number of carbonyl (C=O) groups excluding carboxylic acids is 1. The second kappa shape index (κ2) is 3.64. The topological polar surface area (TPSA) is 43.1 Å². The van der Waals surface area contributed by atoms with Gasteiger partial charge in [-0.15, -0.1) is 6.58 Å². The third-order valence-electron chi connectivity index (χ3n) is 0.712. The molecule has 0 amide bonds. The molecule has 0 radical (unpaired) electrons. The number of nitrogens with two attached hydrogens (primary N) is 1. The molecule has 0 spiro atoms. The van der Waals surface area contributed by atoms with Crippen LogP contribution in [0.1, 0.15) is 6.42 Å². The first-order valence-corrected chi connectivity index (χ1v) is 2.62. The van der Waals surface area contributed by atoms with E-state index < -0.39 is 11.3 Å². The Balaban J connectivity index is 3.46. The van der Waals surface area contributed by atoms with Crippen molar-refractivity contribution in [3.8, 4) is 0 Å². The molecule has 0 heterocycles. The van der Waals surface area contributed by atoms with E-state index in [1.807, 2.05) is 0 Å². The van der Waals surface area contributed by atoms with Crippen molar-refractivity contribution < 1.29 is 4.79 Å². The average molecular weight is 134 g/mol. The van der Waals surface area contributed by atoms with E-state index in [4.69, 9.17) is 17.3 Å². The summed E-state index contributed by atoms with van der Waals surface area (Å²) in [7, 11) is 0. The van der Waals surface area contributed by atoms with Gasteiger partial charge in [0, 0.05) is 0 Å². The molecule has 0 saturated heterocycles. The molecule has 1 atom stereocenters. The Morgan fingerprint density at radius 2 is 2.50 bits per heavy atom. The first-order chi connectivity index (χ1) is 3.68. The normalized spacial score (nSPS) is 12.8. The van der Waals surface area contributed by atoms with Crippen LogP contribution in [0.2, 0.25) is 0 Å². The van der Waals surface area contributed by atoms with E-state index in [9.17, 15) is 4.79 Å². The molecule has 0 aromatic carbocycles. The SMILES string of the molecule is C=CCC(N)C(=O)Cl. The lowest BCUT2D eigenvalue weighted by Gasteiger charge is -1.98. The summed E-state index contributed by atoms with van der Waals surface area (Å²) < 4.78 is 0. The van der Waals surface area contributed by atoms with Gasteiger partial charge in [0.1, 0.15) is 0 Å². The molecule has 1 unspecified atom stereocenters. The molecule has 0 rings (SSSR count). The van der Waals surface area contributed by atoms with Crippen molar-refractivity contribution in [3.63, 3.8) is 0 Å². The van der Waals surface area contributed by atoms with Gasteiger partial charge >= 0.3 is 0 Å². The van der Waals surface area contributed by atoms with Crippen molar-refractivity contribution in [3.05, 3.63) is 12.7 Å². The van der Waals surface area contributed by atoms with E-state index in [2.05, 4.69) is 6.58 Å². The highest BCUT2D eigenvalue weighted by molar-refractivity contribution is 6.64. The van der Waals surface area contributed by atoms with Gasteiger partial charge in [-0.2, -0.15) is 0 Å². The summed E-state index contributed by atoms with van der Waals surface area (Å²) >= 11 is 5.00. The number of hydrogen-bond acceptors (Lipinski definition) is 2. The molecule has 0 saturated carbocycles. The van der Waals surface area contributed by atoms with Gasteiger partial charge in [-0.3, -0.25) is 4.79 Å². The predicted molar refractivity (Wildman–Crippen MR) is 33.6 cm³/mol. The largest absolute Gasteiger partial charge is 0.320 e. The lowest BCUT2D eigenvalue weighted by atomic mass is 10.2. The smallest absolute Gasteiger partial charge is 0.238 e. The molecule has 0 aromatic heterocycles. The molecular weight excluding hydrogens is 126 g/mol. The Kier molecular flexibility index (Phi) is 3.48. The van der Waals surface area contributed by atoms with E-state index in [0.29, 0.717) is 6.42 Å². The Labute approximate surface area is 53.3 Å². The molecule has 0 aliphatic carbocycles. The highest BCUT2D eigenvalue weighted by Gasteiger charge is 2.05. The van der Waals surface area contributed by atoms with Gasteiger partial charge in [0.2, 0.25) is 5.24 Å². The van der Waals surface area contributed by atoms with E-state index >= 15 is 0 Å². The summed E-state index contributed by atoms with van der Waals surface area (Å²) in [5, 5.41) is -0.509. The van der Waals surface area contributed by atoms with Gasteiger partial charge < -0.3 is 5.73 Å². The van der Waals surface area contributed by atoms with Crippen molar-refractivity contribution >= 4 is 16.8 Å². The minimum absolute atomic E-state index is 0.447. The summed E-state index contributed by atoms with van der Waals surface area (Å²) in [6.45, 7) is 3.39. The van der Waals surface area contributed by atoms with Crippen molar-refractivity contribution in [2.45, 2.75) is 12.5 Å². The number of halogens is 1. The van der Waals surface area contributed by atoms with Crippen LogP contribution in [0.4, 0.5) is 0 Å². The summed E-state index contributed by atoms with van der Waals surface area (Å²) in [5.74, 6) is 0. The van der Waals surface area contributed by atoms with Crippen LogP contribution in [-0.4, -0.2) is 11.3 Å². The second-order valence-corrected chi connectivity index (χ2v) is 1.81. The van der Waals surface area contributed by atoms with E-state index in [-0.39, 0.29) is 0 Å². The fourth-order valence-corrected chi connectivity index (χ4v) is 0.361. The molecule has 2 N–H and O–H groups in total. The molecule has 3 heteroatoms. The monoisotopic (exact) mass is 133 g/mol. The minimum atomic E-state index is -0.575. The van der Waals surface area contributed by atoms with Crippen LogP contribution < -0.4 is 5.73 Å². The summed E-state index contributed by atoms with van der Waals surface area (Å²) in [6, 6.07) is -0.575. The van der Waals surface area contributed by atoms with Crippen LogP contribution in [0.3, 0.4) is 0 Å². The number of carbonyl (C=O) groups is 1. The van der Waals surface area contributed by atoms with Crippen molar-refractivity contribution in [1.29, 1.82) is 0 Å². The Bertz CT molecular complexity index is 103. The van der Waals surface area contributed by atoms with E-state index in [0.717, 1.165) is 0 Å². The van der Waals surface area contributed by atoms with Crippen LogP contribution in [-0.2, 0) is 4.79 Å². The molecular formula is C5H8ClNO. The van der Waals surface area contributed by atoms with Crippen LogP contribution in [0, 0.1) is 0 Å². The second-order valence-electron chi connectivity index (χ2n) is 1.43. The zero-order chi connectivity index (χ0) is 6.57. The fraction of sp³-hybridized carbons (Fsp3) is 0.400. The average Bonchev–Trinajstić information content (AvgIpc) is 1.67. The zero-order valence-corrected chi connectivity index (χ0v) is 5.19. The minimum Gasteiger partial charge on any atom is -0.320 e. The Morgan fingerprint density at radius 1 is 2.00 bits per heavy atom. The predicted octanol–water partition coefficient (Wildman–Crippen LogP) is 0.655. The molecule has 0 aliphatic heterocycles. The van der Waals surface area contributed by atoms with Crippen LogP contribution >= 0.6 is 11.6 Å². The lowest BCUT2D eigenvalue weighted by Crippen LogP contribution is -2.25. The zero-order valence-electron chi connectivity index (χ0n) is 4.43. The van der Waals surface area contributed by atoms with Crippen LogP contribution in [0.15, 0.2) is 12.7 Å². The third-order valence-corrected chi connectivity index (χ3v) is 0.992. The fourth-order valence-electron chi connectivity index (χ4n) is 0.272. The maximum absolute atomic E-state index is 10.1. The van der Waals surface area contributed by atoms with Crippen molar-refractivity contribution in [1.82, 2.24) is 0 Å². The highest BCUT2D eigenvalue weighted by atomic mass is 35.5. The maximum atomic E-state index is 10.1. The summed E-state index contributed by atoms with van der Waals surface area (Å²) in [5.41, 5.74) is 5.17. The standard InChI is InChI=1S/C5H8ClNO/c1-2-3-4(7)5(6)8/h2,4H,1,3,7H2. The van der Waals surface area contributed by atoms with E-state index in [1.165, 1.54) is 0 Å². The molecule has 0 aromatic rings. The van der Waals surface area contributed by atoms with Crippen molar-refractivity contribution in [2.75, 3.05) is 0 Å². The lowest BCUT2D eigenvalue weighted by molar-refractivity contribution is -0.112. The molecule has 0 fully saturated rings. The van der Waals surface area contributed by atoms with Gasteiger partial charge in [-0.1, -0.05) is 6.08 Å². The number of rotatable bonds is 3. The summed E-state index contributed by atoms with van der Waals surface area (Å²) in [4.78, 5) is 10.1. The quantitative estimate of drug-likeness (QED) is 0.454. The molecule has 0 bridgehead atoms. The highest BCUT2D eigenvalue weighted by Crippen LogP contribution is 1.92. The third kappa shape index (κ3) is 2.77. The maximum Gasteiger partial charge on any atom is 0.238 e. The molecule has 0 aliphatic rings. The summed E-state index contributed by atoms with van der Waals surface area (Å²) in [6.07, 6.45) is 2.01. The molecule has 8 heavy (non-hydrogen) atoms. The Hall–Kier alpha value is -0.340. The first-order valence-electron chi connectivity index (χ1n) is 2.24. The number of hydrogen-bond donors (Lipinski definition) is 1. The molecule has 2 nitrogen and oxygen atoms in total. The van der Waals surface area contributed by atoms with Gasteiger partial charge in [-0.05, 0) is 18.0 Å². The van der Waals surface area contributed by atoms with Gasteiger partial charge in [0.15, 0.2) is 0 Å². The van der Waals surface area contributed by atoms with Gasteiger partial charge in [0.05, 0.1) is 6.04 Å².